The molecule has 3 rings (SSSR count). The number of nitrogens with two attached hydrogens (primary N) is 2. The van der Waals surface area contributed by atoms with Crippen LogP contribution in [0.4, 0.5) is 0 Å². The third-order valence-corrected chi connectivity index (χ3v) is 4.88. The van der Waals surface area contributed by atoms with Crippen molar-refractivity contribution in [2.45, 2.75) is 51.7 Å². The van der Waals surface area contributed by atoms with Crippen LogP contribution in [0.5, 0.6) is 0 Å². The lowest BCUT2D eigenvalue weighted by Gasteiger charge is -2.18. The van der Waals surface area contributed by atoms with Gasteiger partial charge in [-0.15, -0.1) is 0 Å². The van der Waals surface area contributed by atoms with Crippen LogP contribution in [0.1, 0.15) is 51.2 Å². The smallest absolute Gasteiger partial charge is 0.353 e. The van der Waals surface area contributed by atoms with E-state index in [1.165, 1.54) is 13.0 Å². The van der Waals surface area contributed by atoms with E-state index in [4.69, 9.17) is 26.0 Å². The zero-order valence-electron chi connectivity index (χ0n) is 19.9. The number of hydrogen-bond acceptors (Lipinski definition) is 7. The molecule has 0 saturated heterocycles. The first kappa shape index (κ1) is 26.6. The van der Waals surface area contributed by atoms with E-state index >= 15 is 0 Å². The Kier molecular flexibility index (Phi) is 8.97. The maximum Gasteiger partial charge on any atom is 0.353 e. The molecule has 2 aromatic rings. The van der Waals surface area contributed by atoms with Crippen molar-refractivity contribution < 1.29 is 29.0 Å². The van der Waals surface area contributed by atoms with Gasteiger partial charge in [0.2, 0.25) is 0 Å². The van der Waals surface area contributed by atoms with Crippen molar-refractivity contribution in [1.29, 1.82) is 0 Å². The predicted octanol–water partition coefficient (Wildman–Crippen LogP) is 3.33. The van der Waals surface area contributed by atoms with Crippen molar-refractivity contribution in [3.8, 4) is 11.1 Å². The summed E-state index contributed by atoms with van der Waals surface area (Å²) >= 11 is 0. The van der Waals surface area contributed by atoms with Gasteiger partial charge in [0.25, 0.3) is 0 Å². The van der Waals surface area contributed by atoms with Crippen molar-refractivity contribution in [2.75, 3.05) is 6.61 Å². The summed E-state index contributed by atoms with van der Waals surface area (Å²) in [5.41, 5.74) is 14.5. The van der Waals surface area contributed by atoms with Crippen molar-refractivity contribution in [2.24, 2.45) is 11.5 Å². The number of rotatable bonds is 6. The van der Waals surface area contributed by atoms with Gasteiger partial charge in [-0.3, -0.25) is 9.59 Å². The molecule has 0 unspecified atom stereocenters. The Morgan fingerprint density at radius 3 is 1.94 bits per heavy atom. The lowest BCUT2D eigenvalue weighted by atomic mass is 9.98. The molecule has 8 heteroatoms. The van der Waals surface area contributed by atoms with Crippen LogP contribution in [0.25, 0.3) is 11.1 Å². The number of carbonyl (C=O) groups is 3. The molecule has 1 aliphatic rings. The van der Waals surface area contributed by atoms with Gasteiger partial charge in [0.05, 0.1) is 6.42 Å². The van der Waals surface area contributed by atoms with Gasteiger partial charge < -0.3 is 26.0 Å². The van der Waals surface area contributed by atoms with Gasteiger partial charge in [0.1, 0.15) is 23.9 Å². The van der Waals surface area contributed by atoms with Crippen LogP contribution in [-0.2, 0) is 23.9 Å². The van der Waals surface area contributed by atoms with Gasteiger partial charge in [-0.1, -0.05) is 48.5 Å². The first-order valence-corrected chi connectivity index (χ1v) is 10.9. The number of aliphatic carboxylic acids is 1. The highest BCUT2D eigenvalue weighted by Gasteiger charge is 2.29. The Hall–Kier alpha value is -3.65. The average Bonchev–Trinajstić information content (AvgIpc) is 3.09. The fourth-order valence-electron chi connectivity index (χ4n) is 3.34. The molecule has 1 atom stereocenters. The molecule has 182 valence electrons. The summed E-state index contributed by atoms with van der Waals surface area (Å²) in [6, 6.07) is 15.5. The van der Waals surface area contributed by atoms with Crippen molar-refractivity contribution in [3.63, 3.8) is 0 Å². The number of carbonyl (C=O) groups excluding carboxylic acids is 2. The molecular weight excluding hydrogens is 436 g/mol. The number of fused-ring (bicyclic) bond motifs is 3. The van der Waals surface area contributed by atoms with Crippen LogP contribution in [0, 0.1) is 0 Å². The molecule has 0 saturated carbocycles. The van der Waals surface area contributed by atoms with Crippen LogP contribution in [0.3, 0.4) is 0 Å². The zero-order valence-corrected chi connectivity index (χ0v) is 19.9. The van der Waals surface area contributed by atoms with Crippen molar-refractivity contribution in [1.82, 2.24) is 0 Å². The molecule has 34 heavy (non-hydrogen) atoms. The number of esters is 2. The summed E-state index contributed by atoms with van der Waals surface area (Å²) in [4.78, 5) is 33.6. The number of carboxylic acids is 1. The summed E-state index contributed by atoms with van der Waals surface area (Å²) in [6.45, 7) is 6.95. The average molecular weight is 469 g/mol. The van der Waals surface area contributed by atoms with Crippen molar-refractivity contribution >= 4 is 17.9 Å². The minimum atomic E-state index is -0.963. The standard InChI is InChI=1S/C23H25NO4.C3H7NO2/c1-23(2,3)28-21(25)13-12-20(24)22(26)27-14-19-17-10-6-4-8-15(17)16-9-5-7-11-18(16)19;1-2(4)3(5)6/h4-12,19H,13-14,24H2,1-3H3;2H,4H2,1H3,(H,5,6)/t;2-/m.1/s1. The molecule has 0 bridgehead atoms. The van der Waals surface area contributed by atoms with E-state index in [1.807, 2.05) is 24.3 Å². The third kappa shape index (κ3) is 7.45. The first-order chi connectivity index (χ1) is 15.9. The molecule has 2 aromatic carbocycles. The minimum absolute atomic E-state index is 0.0324. The van der Waals surface area contributed by atoms with E-state index in [0.29, 0.717) is 0 Å². The van der Waals surface area contributed by atoms with Gasteiger partial charge >= 0.3 is 17.9 Å². The van der Waals surface area contributed by atoms with Crippen LogP contribution in [-0.4, -0.2) is 41.3 Å². The molecule has 0 aliphatic heterocycles. The second-order valence-electron chi connectivity index (χ2n) is 8.90. The summed E-state index contributed by atoms with van der Waals surface area (Å²) in [5.74, 6) is -2.07. The number of ether oxygens (including phenoxy) is 2. The van der Waals surface area contributed by atoms with Gasteiger partial charge in [-0.25, -0.2) is 4.79 Å². The van der Waals surface area contributed by atoms with E-state index in [9.17, 15) is 14.4 Å². The summed E-state index contributed by atoms with van der Waals surface area (Å²) in [6.07, 6.45) is 1.26. The van der Waals surface area contributed by atoms with Gasteiger partial charge in [-0.2, -0.15) is 0 Å². The molecule has 1 aliphatic carbocycles. The zero-order chi connectivity index (χ0) is 25.5. The van der Waals surface area contributed by atoms with E-state index in [0.717, 1.165) is 22.3 Å². The molecular formula is C26H32N2O6. The molecule has 5 N–H and O–H groups in total. The Bertz CT molecular complexity index is 1020. The first-order valence-electron chi connectivity index (χ1n) is 10.9. The highest BCUT2D eigenvalue weighted by atomic mass is 16.6. The SMILES string of the molecule is CC(C)(C)OC(=O)CC=C(N)C(=O)OCC1c2ccccc2-c2ccccc21.C[C@@H](N)C(=O)O. The van der Waals surface area contributed by atoms with Gasteiger partial charge in [0, 0.05) is 5.92 Å². The molecule has 0 aromatic heterocycles. The summed E-state index contributed by atoms with van der Waals surface area (Å²) < 4.78 is 10.6. The molecule has 8 nitrogen and oxygen atoms in total. The maximum atomic E-state index is 12.3. The van der Waals surface area contributed by atoms with Crippen LogP contribution < -0.4 is 11.5 Å². The molecule has 0 fully saturated rings. The van der Waals surface area contributed by atoms with Crippen LogP contribution >= 0.6 is 0 Å². The van der Waals surface area contributed by atoms with Crippen LogP contribution in [0.15, 0.2) is 60.3 Å². The minimum Gasteiger partial charge on any atom is -0.480 e. The highest BCUT2D eigenvalue weighted by molar-refractivity contribution is 5.88. The second-order valence-corrected chi connectivity index (χ2v) is 8.90. The van der Waals surface area contributed by atoms with Gasteiger partial charge in [0.15, 0.2) is 0 Å². The number of hydrogen-bond donors (Lipinski definition) is 3. The second kappa shape index (κ2) is 11.5. The Morgan fingerprint density at radius 1 is 1.03 bits per heavy atom. The van der Waals surface area contributed by atoms with E-state index in [1.54, 1.807) is 20.8 Å². The Morgan fingerprint density at radius 2 is 1.50 bits per heavy atom. The van der Waals surface area contributed by atoms with Crippen LogP contribution in [0.2, 0.25) is 0 Å². The monoisotopic (exact) mass is 468 g/mol. The predicted molar refractivity (Wildman–Crippen MR) is 129 cm³/mol. The van der Waals surface area contributed by atoms with E-state index in [-0.39, 0.29) is 24.6 Å². The topological polar surface area (TPSA) is 142 Å². The largest absolute Gasteiger partial charge is 0.480 e. The van der Waals surface area contributed by atoms with E-state index < -0.39 is 29.6 Å². The molecule has 0 heterocycles. The molecule has 0 amide bonds. The summed E-state index contributed by atoms with van der Waals surface area (Å²) in [5, 5.41) is 7.87. The van der Waals surface area contributed by atoms with E-state index in [2.05, 4.69) is 24.3 Å². The fourth-order valence-corrected chi connectivity index (χ4v) is 3.34. The lowest BCUT2D eigenvalue weighted by molar-refractivity contribution is -0.153. The van der Waals surface area contributed by atoms with Crippen molar-refractivity contribution in [3.05, 3.63) is 71.4 Å². The fraction of sp³-hybridized carbons (Fsp3) is 0.346. The summed E-state index contributed by atoms with van der Waals surface area (Å²) in [7, 11) is 0. The quantitative estimate of drug-likeness (QED) is 0.433. The molecule has 0 radical (unpaired) electrons. The Labute approximate surface area is 199 Å². The highest BCUT2D eigenvalue weighted by Crippen LogP contribution is 2.44. The number of benzene rings is 2. The molecule has 0 spiro atoms. The lowest BCUT2D eigenvalue weighted by Crippen LogP contribution is -2.25. The Balaban J connectivity index is 0.000000604. The number of carboxylic acid groups (broad SMARTS) is 1. The normalized spacial score (nSPS) is 13.6. The van der Waals surface area contributed by atoms with Gasteiger partial charge in [-0.05, 0) is 56.0 Å². The maximum absolute atomic E-state index is 12.3. The third-order valence-electron chi connectivity index (χ3n) is 4.88.